The van der Waals surface area contributed by atoms with Gasteiger partial charge in [0.1, 0.15) is 5.75 Å². The van der Waals surface area contributed by atoms with Crippen molar-refractivity contribution in [2.24, 2.45) is 7.05 Å². The van der Waals surface area contributed by atoms with Crippen molar-refractivity contribution in [1.29, 1.82) is 0 Å². The van der Waals surface area contributed by atoms with E-state index in [1.54, 1.807) is 31.3 Å². The van der Waals surface area contributed by atoms with Gasteiger partial charge in [-0.25, -0.2) is 4.79 Å². The third-order valence-corrected chi connectivity index (χ3v) is 8.41. The lowest BCUT2D eigenvalue weighted by Gasteiger charge is -2.51. The second-order valence-corrected chi connectivity index (χ2v) is 11.2. The number of benzene rings is 1. The smallest absolute Gasteiger partial charge is 0.408 e. The fourth-order valence-corrected chi connectivity index (χ4v) is 6.35. The number of aryl methyl sites for hydroxylation is 1. The normalized spacial score (nSPS) is 24.0. The number of carbonyl (C=O) groups is 1. The zero-order valence-corrected chi connectivity index (χ0v) is 23.0. The van der Waals surface area contributed by atoms with Crippen molar-refractivity contribution in [1.82, 2.24) is 19.7 Å². The molecule has 1 aromatic carbocycles. The van der Waals surface area contributed by atoms with Crippen LogP contribution in [0.2, 0.25) is 0 Å². The number of fused-ring (bicyclic) bond motifs is 2. The highest BCUT2D eigenvalue weighted by atomic mass is 16.7. The Morgan fingerprint density at radius 2 is 1.77 bits per heavy atom. The van der Waals surface area contributed by atoms with Gasteiger partial charge in [0, 0.05) is 56.2 Å². The molecule has 0 saturated carbocycles. The second-order valence-electron chi connectivity index (χ2n) is 11.2. The minimum absolute atomic E-state index is 0.0633. The molecule has 4 heterocycles. The zero-order chi connectivity index (χ0) is 27.9. The molecule has 2 aliphatic heterocycles. The Bertz CT molecular complexity index is 1420. The summed E-state index contributed by atoms with van der Waals surface area (Å²) in [4.78, 5) is 28.0. The first kappa shape index (κ1) is 26.7. The third kappa shape index (κ3) is 4.85. The van der Waals surface area contributed by atoms with Crippen molar-refractivity contribution in [2.45, 2.75) is 56.7 Å². The average Bonchev–Trinajstić information content (AvgIpc) is 3.09. The molecule has 1 amide bonds. The van der Waals surface area contributed by atoms with E-state index in [-0.39, 0.29) is 29.5 Å². The van der Waals surface area contributed by atoms with Crippen molar-refractivity contribution in [2.75, 3.05) is 25.9 Å². The molecule has 3 aromatic rings. The summed E-state index contributed by atoms with van der Waals surface area (Å²) in [5, 5.41) is 18.9. The lowest BCUT2D eigenvalue weighted by atomic mass is 9.82. The number of nitrogens with zero attached hydrogens (tertiary/aromatic N) is 5. The molecule has 0 unspecified atom stereocenters. The number of aromatic nitrogens is 3. The quantitative estimate of drug-likeness (QED) is 0.446. The van der Waals surface area contributed by atoms with E-state index in [0.29, 0.717) is 11.4 Å². The van der Waals surface area contributed by atoms with Gasteiger partial charge in [-0.05, 0) is 81.0 Å². The monoisotopic (exact) mass is 533 g/mol. The van der Waals surface area contributed by atoms with Crippen LogP contribution in [0.1, 0.15) is 39.5 Å². The largest absolute Gasteiger partial charge is 0.467 e. The number of methoxy groups -OCH3 is 1. The fraction of sp³-hybridized carbons (Fsp3) is 0.448. The number of carboxylic acid groups (broad SMARTS) is 1. The van der Waals surface area contributed by atoms with E-state index in [2.05, 4.69) is 28.9 Å². The predicted molar refractivity (Wildman–Crippen MR) is 148 cm³/mol. The second kappa shape index (κ2) is 10.00. The van der Waals surface area contributed by atoms with Crippen LogP contribution in [0.5, 0.6) is 5.75 Å². The standard InChI is InChI=1S/C29H35N5O5/c1-28-11-12-29(2,34(28)27(36)37)17-21(16-28)33(4)25-9-8-23(30-31-25)22-7-6-19(14-24(22)39-18-38-5)20-10-13-32(3)26(35)15-20/h6-10,13-15,21H,11-12,16-18H2,1-5H3,(H,36,37)/t21-,28+,29-. The number of hydrogen-bond acceptors (Lipinski definition) is 7. The molecule has 5 rings (SSSR count). The van der Waals surface area contributed by atoms with Crippen molar-refractivity contribution in [3.63, 3.8) is 0 Å². The van der Waals surface area contributed by atoms with Gasteiger partial charge in [0.15, 0.2) is 12.6 Å². The van der Waals surface area contributed by atoms with E-state index in [0.717, 1.165) is 48.2 Å². The van der Waals surface area contributed by atoms with Gasteiger partial charge in [-0.3, -0.25) is 9.69 Å². The number of amides is 1. The predicted octanol–water partition coefficient (Wildman–Crippen LogP) is 4.38. The molecular weight excluding hydrogens is 498 g/mol. The van der Waals surface area contributed by atoms with Crippen LogP contribution in [0.25, 0.3) is 22.4 Å². The highest BCUT2D eigenvalue weighted by molar-refractivity contribution is 5.74. The maximum atomic E-state index is 12.1. The summed E-state index contributed by atoms with van der Waals surface area (Å²) in [6, 6.07) is 13.2. The Hall–Kier alpha value is -3.92. The van der Waals surface area contributed by atoms with Gasteiger partial charge in [0.25, 0.3) is 5.56 Å². The van der Waals surface area contributed by atoms with Gasteiger partial charge >= 0.3 is 6.09 Å². The zero-order valence-electron chi connectivity index (χ0n) is 23.0. The summed E-state index contributed by atoms with van der Waals surface area (Å²) in [7, 11) is 5.28. The Labute approximate surface area is 227 Å². The van der Waals surface area contributed by atoms with Crippen LogP contribution in [-0.4, -0.2) is 68.9 Å². The molecule has 1 N–H and O–H groups in total. The Balaban J connectivity index is 1.40. The van der Waals surface area contributed by atoms with Gasteiger partial charge in [-0.2, -0.15) is 0 Å². The van der Waals surface area contributed by atoms with Crippen LogP contribution in [0.4, 0.5) is 10.6 Å². The van der Waals surface area contributed by atoms with Crippen LogP contribution in [-0.2, 0) is 11.8 Å². The first-order valence-corrected chi connectivity index (χ1v) is 13.1. The van der Waals surface area contributed by atoms with Crippen LogP contribution in [0, 0.1) is 0 Å². The van der Waals surface area contributed by atoms with Gasteiger partial charge in [0.2, 0.25) is 0 Å². The molecule has 206 valence electrons. The van der Waals surface area contributed by atoms with Gasteiger partial charge in [-0.1, -0.05) is 6.07 Å². The summed E-state index contributed by atoms with van der Waals surface area (Å²) in [6.07, 6.45) is 4.11. The maximum Gasteiger partial charge on any atom is 0.408 e. The van der Waals surface area contributed by atoms with E-state index in [1.807, 2.05) is 43.4 Å². The molecule has 3 atom stereocenters. The average molecular weight is 534 g/mol. The van der Waals surface area contributed by atoms with E-state index >= 15 is 0 Å². The Morgan fingerprint density at radius 3 is 2.36 bits per heavy atom. The third-order valence-electron chi connectivity index (χ3n) is 8.41. The molecule has 10 nitrogen and oxygen atoms in total. The van der Waals surface area contributed by atoms with E-state index < -0.39 is 6.09 Å². The first-order valence-electron chi connectivity index (χ1n) is 13.1. The van der Waals surface area contributed by atoms with Crippen molar-refractivity contribution < 1.29 is 19.4 Å². The number of pyridine rings is 1. The van der Waals surface area contributed by atoms with Crippen molar-refractivity contribution >= 4 is 11.9 Å². The first-order chi connectivity index (χ1) is 18.5. The molecule has 2 aliphatic rings. The summed E-state index contributed by atoms with van der Waals surface area (Å²) < 4.78 is 12.5. The minimum Gasteiger partial charge on any atom is -0.467 e. The van der Waals surface area contributed by atoms with Gasteiger partial charge < -0.3 is 24.0 Å². The molecule has 0 aliphatic carbocycles. The number of rotatable bonds is 7. The van der Waals surface area contributed by atoms with Gasteiger partial charge in [0.05, 0.1) is 5.69 Å². The Morgan fingerprint density at radius 1 is 1.08 bits per heavy atom. The topological polar surface area (TPSA) is 110 Å². The molecule has 2 fully saturated rings. The van der Waals surface area contributed by atoms with E-state index in [4.69, 9.17) is 9.47 Å². The summed E-state index contributed by atoms with van der Waals surface area (Å²) in [5.74, 6) is 1.30. The molecule has 0 radical (unpaired) electrons. The fourth-order valence-electron chi connectivity index (χ4n) is 6.35. The summed E-state index contributed by atoms with van der Waals surface area (Å²) in [6.45, 7) is 4.17. The Kier molecular flexibility index (Phi) is 6.84. The van der Waals surface area contributed by atoms with Gasteiger partial charge in [-0.15, -0.1) is 10.2 Å². The molecule has 2 aromatic heterocycles. The highest BCUT2D eigenvalue weighted by Gasteiger charge is 2.58. The molecule has 2 saturated heterocycles. The number of hydrogen-bond donors (Lipinski definition) is 1. The minimum atomic E-state index is -0.838. The lowest BCUT2D eigenvalue weighted by molar-refractivity contribution is 0.0131. The van der Waals surface area contributed by atoms with Crippen LogP contribution < -0.4 is 15.2 Å². The highest BCUT2D eigenvalue weighted by Crippen LogP contribution is 2.51. The van der Waals surface area contributed by atoms with Crippen LogP contribution in [0.15, 0.2) is 53.5 Å². The van der Waals surface area contributed by atoms with Crippen molar-refractivity contribution in [3.05, 3.63) is 59.0 Å². The summed E-state index contributed by atoms with van der Waals surface area (Å²) in [5.41, 5.74) is 2.18. The molecular formula is C29H35N5O5. The molecule has 10 heteroatoms. The van der Waals surface area contributed by atoms with E-state index in [9.17, 15) is 14.7 Å². The maximum absolute atomic E-state index is 12.1. The van der Waals surface area contributed by atoms with Crippen LogP contribution >= 0.6 is 0 Å². The molecule has 0 spiro atoms. The summed E-state index contributed by atoms with van der Waals surface area (Å²) >= 11 is 0. The van der Waals surface area contributed by atoms with Crippen LogP contribution in [0.3, 0.4) is 0 Å². The number of anilines is 1. The molecule has 39 heavy (non-hydrogen) atoms. The van der Waals surface area contributed by atoms with E-state index in [1.165, 1.54) is 4.57 Å². The number of piperidine rings is 1. The lowest BCUT2D eigenvalue weighted by Crippen LogP contribution is -2.62. The number of ether oxygens (including phenoxy) is 2. The SMILES string of the molecule is COCOc1cc(-c2ccn(C)c(=O)c2)ccc1-c1ccc(N(C)[C@@H]2C[C@]3(C)CC[C@](C)(C2)N3C(=O)O)nn1. The molecule has 2 bridgehead atoms. The van der Waals surface area contributed by atoms with Crippen molar-refractivity contribution in [3.8, 4) is 28.1 Å².